The van der Waals surface area contributed by atoms with Crippen LogP contribution in [-0.4, -0.2) is 48.4 Å². The standard InChI is InChI=1S/C12H15N3O2/c1-15(2)3-4-17-11-6-9-5-10(8-16)14-12(9)13-7-11/h5-8H,3-4H2,1-2H3,(H,13,14). The minimum absolute atomic E-state index is 0.526. The van der Waals surface area contributed by atoms with Crippen LogP contribution in [0.15, 0.2) is 18.3 Å². The number of pyridine rings is 1. The summed E-state index contributed by atoms with van der Waals surface area (Å²) in [5.74, 6) is 0.718. The molecule has 0 bridgehead atoms. The lowest BCUT2D eigenvalue weighted by atomic mass is 10.3. The molecule has 5 nitrogen and oxygen atoms in total. The molecule has 0 amide bonds. The van der Waals surface area contributed by atoms with Crippen LogP contribution in [0.4, 0.5) is 0 Å². The van der Waals surface area contributed by atoms with Crippen molar-refractivity contribution in [1.82, 2.24) is 14.9 Å². The highest BCUT2D eigenvalue weighted by molar-refractivity contribution is 5.86. The molecule has 0 spiro atoms. The van der Waals surface area contributed by atoms with E-state index < -0.39 is 0 Å². The van der Waals surface area contributed by atoms with Crippen LogP contribution >= 0.6 is 0 Å². The van der Waals surface area contributed by atoms with Crippen molar-refractivity contribution in [2.24, 2.45) is 0 Å². The molecule has 5 heteroatoms. The number of carbonyl (C=O) groups is 1. The van der Waals surface area contributed by atoms with Crippen LogP contribution < -0.4 is 4.74 Å². The first kappa shape index (κ1) is 11.6. The quantitative estimate of drug-likeness (QED) is 0.791. The second-order valence-electron chi connectivity index (χ2n) is 4.10. The number of hydrogen-bond acceptors (Lipinski definition) is 4. The number of aromatic amines is 1. The molecule has 0 atom stereocenters. The lowest BCUT2D eigenvalue weighted by molar-refractivity contribution is 0.111. The first-order valence-electron chi connectivity index (χ1n) is 5.40. The summed E-state index contributed by atoms with van der Waals surface area (Å²) >= 11 is 0. The Labute approximate surface area is 99.4 Å². The van der Waals surface area contributed by atoms with Gasteiger partial charge in [0.05, 0.1) is 11.9 Å². The Morgan fingerprint density at radius 1 is 1.47 bits per heavy atom. The molecular weight excluding hydrogens is 218 g/mol. The predicted octanol–water partition coefficient (Wildman–Crippen LogP) is 1.32. The van der Waals surface area contributed by atoms with Gasteiger partial charge in [-0.1, -0.05) is 0 Å². The maximum Gasteiger partial charge on any atom is 0.166 e. The van der Waals surface area contributed by atoms with Gasteiger partial charge in [0.25, 0.3) is 0 Å². The van der Waals surface area contributed by atoms with E-state index in [-0.39, 0.29) is 0 Å². The fourth-order valence-electron chi connectivity index (χ4n) is 1.50. The van der Waals surface area contributed by atoms with E-state index in [1.54, 1.807) is 12.3 Å². The van der Waals surface area contributed by atoms with Gasteiger partial charge in [-0.15, -0.1) is 0 Å². The zero-order valence-corrected chi connectivity index (χ0v) is 9.93. The second-order valence-corrected chi connectivity index (χ2v) is 4.10. The number of carbonyl (C=O) groups excluding carboxylic acids is 1. The summed E-state index contributed by atoms with van der Waals surface area (Å²) in [7, 11) is 3.99. The number of fused-ring (bicyclic) bond motifs is 1. The molecule has 0 saturated carbocycles. The molecule has 2 heterocycles. The summed E-state index contributed by atoms with van der Waals surface area (Å²) in [6.45, 7) is 1.47. The van der Waals surface area contributed by atoms with Crippen molar-refractivity contribution in [1.29, 1.82) is 0 Å². The molecule has 1 N–H and O–H groups in total. The fourth-order valence-corrected chi connectivity index (χ4v) is 1.50. The third kappa shape index (κ3) is 2.82. The monoisotopic (exact) mass is 233 g/mol. The third-order valence-corrected chi connectivity index (χ3v) is 2.40. The lowest BCUT2D eigenvalue weighted by Crippen LogP contribution is -2.19. The normalized spacial score (nSPS) is 11.0. The van der Waals surface area contributed by atoms with Gasteiger partial charge in [-0.2, -0.15) is 0 Å². The number of nitrogens with one attached hydrogen (secondary N) is 1. The van der Waals surface area contributed by atoms with Crippen molar-refractivity contribution in [2.45, 2.75) is 0 Å². The largest absolute Gasteiger partial charge is 0.491 e. The third-order valence-electron chi connectivity index (χ3n) is 2.40. The van der Waals surface area contributed by atoms with Gasteiger partial charge in [-0.05, 0) is 26.2 Å². The van der Waals surface area contributed by atoms with E-state index in [9.17, 15) is 4.79 Å². The Morgan fingerprint density at radius 2 is 2.29 bits per heavy atom. The van der Waals surface area contributed by atoms with Crippen LogP contribution in [0.5, 0.6) is 5.75 Å². The molecular formula is C12H15N3O2. The highest BCUT2D eigenvalue weighted by Gasteiger charge is 2.03. The molecule has 2 aromatic rings. The van der Waals surface area contributed by atoms with Gasteiger partial charge in [0, 0.05) is 11.9 Å². The van der Waals surface area contributed by atoms with Crippen LogP contribution in [-0.2, 0) is 0 Å². The fraction of sp³-hybridized carbons (Fsp3) is 0.333. The Hall–Kier alpha value is -1.88. The molecule has 0 aliphatic rings. The Kier molecular flexibility index (Phi) is 3.39. The maximum atomic E-state index is 10.6. The topological polar surface area (TPSA) is 58.2 Å². The van der Waals surface area contributed by atoms with Gasteiger partial charge >= 0.3 is 0 Å². The lowest BCUT2D eigenvalue weighted by Gasteiger charge is -2.10. The zero-order valence-electron chi connectivity index (χ0n) is 9.93. The summed E-state index contributed by atoms with van der Waals surface area (Å²) in [5.41, 5.74) is 1.23. The van der Waals surface area contributed by atoms with Crippen LogP contribution in [0.2, 0.25) is 0 Å². The smallest absolute Gasteiger partial charge is 0.166 e. The van der Waals surface area contributed by atoms with Crippen molar-refractivity contribution in [3.63, 3.8) is 0 Å². The zero-order chi connectivity index (χ0) is 12.3. The summed E-state index contributed by atoms with van der Waals surface area (Å²) in [4.78, 5) is 19.8. The summed E-state index contributed by atoms with van der Waals surface area (Å²) in [5, 5.41) is 0.884. The minimum atomic E-state index is 0.526. The van der Waals surface area contributed by atoms with E-state index in [4.69, 9.17) is 4.74 Å². The number of rotatable bonds is 5. The number of aromatic nitrogens is 2. The SMILES string of the molecule is CN(C)CCOc1cnc2[nH]c(C=O)cc2c1. The van der Waals surface area contributed by atoms with Gasteiger partial charge in [0.15, 0.2) is 6.29 Å². The van der Waals surface area contributed by atoms with Crippen molar-refractivity contribution in [2.75, 3.05) is 27.2 Å². The van der Waals surface area contributed by atoms with Crippen LogP contribution in [0.3, 0.4) is 0 Å². The second kappa shape index (κ2) is 4.97. The average molecular weight is 233 g/mol. The molecule has 0 aromatic carbocycles. The number of hydrogen-bond donors (Lipinski definition) is 1. The molecule has 0 radical (unpaired) electrons. The molecule has 2 rings (SSSR count). The van der Waals surface area contributed by atoms with E-state index in [1.807, 2.05) is 25.1 Å². The first-order valence-corrected chi connectivity index (χ1v) is 5.40. The molecule has 0 aliphatic heterocycles. The van der Waals surface area contributed by atoms with Crippen LogP contribution in [0.25, 0.3) is 11.0 Å². The van der Waals surface area contributed by atoms with Gasteiger partial charge < -0.3 is 14.6 Å². The summed E-state index contributed by atoms with van der Waals surface area (Å²) < 4.78 is 5.56. The van der Waals surface area contributed by atoms with Gasteiger partial charge in [-0.3, -0.25) is 4.79 Å². The van der Waals surface area contributed by atoms with Crippen molar-refractivity contribution >= 4 is 17.3 Å². The highest BCUT2D eigenvalue weighted by Crippen LogP contribution is 2.18. The maximum absolute atomic E-state index is 10.6. The summed E-state index contributed by atoms with van der Waals surface area (Å²) in [6, 6.07) is 3.63. The van der Waals surface area contributed by atoms with Gasteiger partial charge in [0.1, 0.15) is 18.0 Å². The number of H-pyrrole nitrogens is 1. The minimum Gasteiger partial charge on any atom is -0.491 e. The molecule has 90 valence electrons. The van der Waals surface area contributed by atoms with E-state index in [0.29, 0.717) is 17.9 Å². The highest BCUT2D eigenvalue weighted by atomic mass is 16.5. The average Bonchev–Trinajstić information content (AvgIpc) is 2.70. The number of likely N-dealkylation sites (N-methyl/N-ethyl adjacent to an activating group) is 1. The molecule has 0 fully saturated rings. The Balaban J connectivity index is 2.11. The first-order chi connectivity index (χ1) is 8.19. The van der Waals surface area contributed by atoms with Crippen molar-refractivity contribution in [3.05, 3.63) is 24.0 Å². The predicted molar refractivity (Wildman–Crippen MR) is 65.5 cm³/mol. The van der Waals surface area contributed by atoms with Gasteiger partial charge in [-0.25, -0.2) is 4.98 Å². The molecule has 0 aliphatic carbocycles. The summed E-state index contributed by atoms with van der Waals surface area (Å²) in [6.07, 6.45) is 2.43. The van der Waals surface area contributed by atoms with Gasteiger partial charge in [0.2, 0.25) is 0 Å². The Bertz CT molecular complexity index is 519. The number of nitrogens with zero attached hydrogens (tertiary/aromatic N) is 2. The number of ether oxygens (including phenoxy) is 1. The van der Waals surface area contributed by atoms with E-state index in [0.717, 1.165) is 24.0 Å². The van der Waals surface area contributed by atoms with E-state index in [2.05, 4.69) is 9.97 Å². The molecule has 0 saturated heterocycles. The molecule has 0 unspecified atom stereocenters. The Morgan fingerprint density at radius 3 is 3.00 bits per heavy atom. The van der Waals surface area contributed by atoms with Crippen molar-refractivity contribution in [3.8, 4) is 5.75 Å². The van der Waals surface area contributed by atoms with Crippen LogP contribution in [0, 0.1) is 0 Å². The molecule has 17 heavy (non-hydrogen) atoms. The number of aldehydes is 1. The van der Waals surface area contributed by atoms with E-state index in [1.165, 1.54) is 0 Å². The van der Waals surface area contributed by atoms with Crippen molar-refractivity contribution < 1.29 is 9.53 Å². The molecule has 2 aromatic heterocycles. The van der Waals surface area contributed by atoms with Crippen LogP contribution in [0.1, 0.15) is 10.5 Å². The van der Waals surface area contributed by atoms with E-state index >= 15 is 0 Å².